The van der Waals surface area contributed by atoms with E-state index in [0.717, 1.165) is 29.7 Å². The van der Waals surface area contributed by atoms with Gasteiger partial charge < -0.3 is 5.11 Å². The molecule has 1 aromatic heterocycles. The van der Waals surface area contributed by atoms with Crippen LogP contribution < -0.4 is 0 Å². The van der Waals surface area contributed by atoms with Crippen molar-refractivity contribution < 1.29 is 5.11 Å². The topological polar surface area (TPSA) is 33.1 Å². The smallest absolute Gasteiger partial charge is 0.128 e. The predicted octanol–water partition coefficient (Wildman–Crippen LogP) is 5.19. The number of phenolic OH excluding ortho intramolecular Hbond substituents is 1. The zero-order valence-corrected chi connectivity index (χ0v) is 13.0. The fourth-order valence-corrected chi connectivity index (χ4v) is 3.86. The van der Waals surface area contributed by atoms with Crippen LogP contribution in [0.2, 0.25) is 0 Å². The summed E-state index contributed by atoms with van der Waals surface area (Å²) in [6.07, 6.45) is 0. The zero-order chi connectivity index (χ0) is 12.7. The van der Waals surface area contributed by atoms with Gasteiger partial charge in [-0.3, -0.25) is 0 Å². The highest BCUT2D eigenvalue weighted by Crippen LogP contribution is 2.40. The van der Waals surface area contributed by atoms with Gasteiger partial charge in [0.05, 0.1) is 15.8 Å². The third-order valence-electron chi connectivity index (χ3n) is 2.58. The summed E-state index contributed by atoms with van der Waals surface area (Å²) in [5, 5.41) is 10.7. The van der Waals surface area contributed by atoms with Gasteiger partial charge in [-0.2, -0.15) is 0 Å². The van der Waals surface area contributed by atoms with Crippen molar-refractivity contribution in [3.63, 3.8) is 0 Å². The molecule has 0 spiro atoms. The minimum atomic E-state index is 0.254. The van der Waals surface area contributed by atoms with Crippen molar-refractivity contribution in [2.24, 2.45) is 0 Å². The van der Waals surface area contributed by atoms with E-state index in [9.17, 15) is 5.11 Å². The van der Waals surface area contributed by atoms with E-state index in [-0.39, 0.29) is 5.75 Å². The maximum Gasteiger partial charge on any atom is 0.128 e. The number of nitrogens with zero attached hydrogens (tertiary/aromatic N) is 1. The Bertz CT molecular complexity index is 700. The first-order chi connectivity index (χ1) is 8.66. The molecule has 3 aromatic rings. The lowest BCUT2D eigenvalue weighted by Crippen LogP contribution is -1.77. The lowest BCUT2D eigenvalue weighted by atomic mass is 10.2. The average Bonchev–Trinajstić information content (AvgIpc) is 2.80. The van der Waals surface area contributed by atoms with Crippen molar-refractivity contribution >= 4 is 53.4 Å². The van der Waals surface area contributed by atoms with Gasteiger partial charge in [0, 0.05) is 8.95 Å². The van der Waals surface area contributed by atoms with Crippen LogP contribution in [0, 0.1) is 0 Å². The second-order valence-electron chi connectivity index (χ2n) is 3.74. The van der Waals surface area contributed by atoms with Crippen LogP contribution in [-0.2, 0) is 0 Å². The van der Waals surface area contributed by atoms with E-state index < -0.39 is 0 Å². The van der Waals surface area contributed by atoms with Gasteiger partial charge in [0.2, 0.25) is 0 Å². The third kappa shape index (κ3) is 1.96. The first-order valence-corrected chi connectivity index (χ1v) is 7.60. The van der Waals surface area contributed by atoms with Crippen molar-refractivity contribution in [2.75, 3.05) is 0 Å². The predicted molar refractivity (Wildman–Crippen MR) is 82.1 cm³/mol. The standard InChI is InChI=1S/C13H7Br2NOS/c14-8-5-6-9(15)12-11(8)16-13(18-12)7-3-1-2-4-10(7)17/h1-6,17H. The Morgan fingerprint density at radius 1 is 1.00 bits per heavy atom. The first kappa shape index (κ1) is 12.1. The van der Waals surface area contributed by atoms with Gasteiger partial charge in [0.15, 0.2) is 0 Å². The molecule has 2 nitrogen and oxygen atoms in total. The van der Waals surface area contributed by atoms with Crippen molar-refractivity contribution in [1.29, 1.82) is 0 Å². The molecule has 0 amide bonds. The van der Waals surface area contributed by atoms with Crippen molar-refractivity contribution in [2.45, 2.75) is 0 Å². The van der Waals surface area contributed by atoms with E-state index in [1.807, 2.05) is 24.3 Å². The van der Waals surface area contributed by atoms with E-state index in [4.69, 9.17) is 0 Å². The fraction of sp³-hybridized carbons (Fsp3) is 0. The SMILES string of the molecule is Oc1ccccc1-c1nc2c(Br)ccc(Br)c2s1. The maximum absolute atomic E-state index is 9.87. The number of benzene rings is 2. The van der Waals surface area contributed by atoms with Crippen molar-refractivity contribution in [1.82, 2.24) is 4.98 Å². The number of para-hydroxylation sites is 1. The molecule has 0 saturated heterocycles. The van der Waals surface area contributed by atoms with Crippen LogP contribution in [-0.4, -0.2) is 10.1 Å². The highest BCUT2D eigenvalue weighted by molar-refractivity contribution is 9.11. The number of hydrogen-bond acceptors (Lipinski definition) is 3. The molecule has 1 N–H and O–H groups in total. The van der Waals surface area contributed by atoms with Gasteiger partial charge >= 0.3 is 0 Å². The molecule has 0 aliphatic carbocycles. The van der Waals surface area contributed by atoms with Crippen LogP contribution in [0.1, 0.15) is 0 Å². The maximum atomic E-state index is 9.87. The van der Waals surface area contributed by atoms with E-state index in [1.165, 1.54) is 0 Å². The van der Waals surface area contributed by atoms with Crippen LogP contribution in [0.5, 0.6) is 5.75 Å². The molecule has 0 radical (unpaired) electrons. The van der Waals surface area contributed by atoms with Gasteiger partial charge in [-0.15, -0.1) is 11.3 Å². The summed E-state index contributed by atoms with van der Waals surface area (Å²) in [5.41, 5.74) is 1.67. The van der Waals surface area contributed by atoms with Crippen LogP contribution in [0.3, 0.4) is 0 Å². The van der Waals surface area contributed by atoms with Crippen LogP contribution in [0.15, 0.2) is 45.3 Å². The normalized spacial score (nSPS) is 11.0. The van der Waals surface area contributed by atoms with Gasteiger partial charge in [0.25, 0.3) is 0 Å². The van der Waals surface area contributed by atoms with Crippen LogP contribution >= 0.6 is 43.2 Å². The molecule has 0 saturated carbocycles. The molecule has 1 heterocycles. The third-order valence-corrected chi connectivity index (χ3v) is 5.27. The number of phenols is 1. The number of hydrogen-bond donors (Lipinski definition) is 1. The summed E-state index contributed by atoms with van der Waals surface area (Å²) in [7, 11) is 0. The summed E-state index contributed by atoms with van der Waals surface area (Å²) in [4.78, 5) is 4.59. The van der Waals surface area contributed by atoms with Gasteiger partial charge in [-0.25, -0.2) is 4.98 Å². The number of halogens is 2. The number of aromatic hydroxyl groups is 1. The lowest BCUT2D eigenvalue weighted by molar-refractivity contribution is 0.477. The Balaban J connectivity index is 2.29. The number of thiazole rings is 1. The molecule has 18 heavy (non-hydrogen) atoms. The summed E-state index contributed by atoms with van der Waals surface area (Å²) in [6, 6.07) is 11.2. The molecule has 90 valence electrons. The quantitative estimate of drug-likeness (QED) is 0.625. The van der Waals surface area contributed by atoms with Gasteiger partial charge in [-0.1, -0.05) is 12.1 Å². The van der Waals surface area contributed by atoms with E-state index >= 15 is 0 Å². The van der Waals surface area contributed by atoms with Crippen molar-refractivity contribution in [3.05, 3.63) is 45.3 Å². The van der Waals surface area contributed by atoms with Gasteiger partial charge in [-0.05, 0) is 56.1 Å². The lowest BCUT2D eigenvalue weighted by Gasteiger charge is -1.98. The summed E-state index contributed by atoms with van der Waals surface area (Å²) >= 11 is 8.58. The zero-order valence-electron chi connectivity index (χ0n) is 9.02. The molecule has 0 aliphatic heterocycles. The molecule has 2 aromatic carbocycles. The molecule has 0 unspecified atom stereocenters. The monoisotopic (exact) mass is 383 g/mol. The molecule has 3 rings (SSSR count). The Labute approximate surface area is 125 Å². The fourth-order valence-electron chi connectivity index (χ4n) is 1.71. The number of rotatable bonds is 1. The van der Waals surface area contributed by atoms with Gasteiger partial charge in [0.1, 0.15) is 10.8 Å². The summed E-state index contributed by atoms with van der Waals surface area (Å²) < 4.78 is 3.04. The highest BCUT2D eigenvalue weighted by Gasteiger charge is 2.13. The van der Waals surface area contributed by atoms with E-state index in [0.29, 0.717) is 0 Å². The minimum Gasteiger partial charge on any atom is -0.507 e. The minimum absolute atomic E-state index is 0.254. The Hall–Kier alpha value is -0.910. The second-order valence-corrected chi connectivity index (χ2v) is 6.45. The van der Waals surface area contributed by atoms with Crippen LogP contribution in [0.25, 0.3) is 20.8 Å². The molecular formula is C13H7Br2NOS. The summed E-state index contributed by atoms with van der Waals surface area (Å²) in [6.45, 7) is 0. The molecule has 0 fully saturated rings. The largest absolute Gasteiger partial charge is 0.507 e. The van der Waals surface area contributed by atoms with E-state index in [2.05, 4.69) is 36.8 Å². The Morgan fingerprint density at radius 2 is 1.72 bits per heavy atom. The second kappa shape index (κ2) is 4.64. The van der Waals surface area contributed by atoms with E-state index in [1.54, 1.807) is 23.5 Å². The molecule has 0 atom stereocenters. The Morgan fingerprint density at radius 3 is 2.44 bits per heavy atom. The Kier molecular flexibility index (Phi) is 3.13. The number of fused-ring (bicyclic) bond motifs is 1. The molecular weight excluding hydrogens is 378 g/mol. The molecule has 0 bridgehead atoms. The highest BCUT2D eigenvalue weighted by atomic mass is 79.9. The number of aromatic nitrogens is 1. The van der Waals surface area contributed by atoms with Crippen molar-refractivity contribution in [3.8, 4) is 16.3 Å². The molecule has 5 heteroatoms. The molecule has 0 aliphatic rings. The first-order valence-electron chi connectivity index (χ1n) is 5.20. The summed E-state index contributed by atoms with van der Waals surface area (Å²) in [5.74, 6) is 0.254. The average molecular weight is 385 g/mol. The van der Waals surface area contributed by atoms with Crippen LogP contribution in [0.4, 0.5) is 0 Å².